The van der Waals surface area contributed by atoms with Crippen LogP contribution in [0.5, 0.6) is 0 Å². The molecule has 0 radical (unpaired) electrons. The lowest BCUT2D eigenvalue weighted by Crippen LogP contribution is -2.48. The van der Waals surface area contributed by atoms with Gasteiger partial charge in [-0.15, -0.1) is 0 Å². The van der Waals surface area contributed by atoms with Gasteiger partial charge < -0.3 is 14.9 Å². The normalized spacial score (nSPS) is 31.9. The van der Waals surface area contributed by atoms with Gasteiger partial charge in [0.2, 0.25) is 0 Å². The van der Waals surface area contributed by atoms with E-state index in [2.05, 4.69) is 0 Å². The molecule has 21 heavy (non-hydrogen) atoms. The molecule has 2 atom stereocenters. The Morgan fingerprint density at radius 3 is 2.14 bits per heavy atom. The lowest BCUT2D eigenvalue weighted by molar-refractivity contribution is -0.142. The number of nitrogens with zero attached hydrogens (tertiary/aromatic N) is 2. The Bertz CT molecular complexity index is 421. The molecule has 2 amide bonds. The molecule has 5 nitrogen and oxygen atoms in total. The first kappa shape index (κ1) is 14.7. The standard InChI is InChI=1S/C16H26N2O3/c1-12-10-18(11-13(12)14(19)20)15(21)17-8-6-16(7-9-17)4-2-3-5-16/h12-13H,2-11H2,1H3,(H,19,20). The Kier molecular flexibility index (Phi) is 3.84. The highest BCUT2D eigenvalue weighted by Gasteiger charge is 2.41. The van der Waals surface area contributed by atoms with Crippen LogP contribution in [0.2, 0.25) is 0 Å². The maximum Gasteiger partial charge on any atom is 0.320 e. The third-order valence-corrected chi connectivity index (χ3v) is 5.96. The summed E-state index contributed by atoms with van der Waals surface area (Å²) in [6.45, 7) is 4.58. The average Bonchev–Trinajstić information content (AvgIpc) is 3.06. The summed E-state index contributed by atoms with van der Waals surface area (Å²) < 4.78 is 0. The fraction of sp³-hybridized carbons (Fsp3) is 0.875. The quantitative estimate of drug-likeness (QED) is 0.808. The van der Waals surface area contributed by atoms with Crippen molar-refractivity contribution in [1.29, 1.82) is 0 Å². The number of piperidine rings is 1. The van der Waals surface area contributed by atoms with E-state index < -0.39 is 11.9 Å². The lowest BCUT2D eigenvalue weighted by atomic mass is 9.77. The molecule has 118 valence electrons. The number of hydrogen-bond acceptors (Lipinski definition) is 2. The van der Waals surface area contributed by atoms with Crippen molar-refractivity contribution in [2.45, 2.75) is 45.4 Å². The molecule has 0 aromatic heterocycles. The second-order valence-electron chi connectivity index (χ2n) is 7.30. The number of aliphatic carboxylic acids is 1. The van der Waals surface area contributed by atoms with Gasteiger partial charge in [-0.1, -0.05) is 19.8 Å². The van der Waals surface area contributed by atoms with Gasteiger partial charge in [-0.05, 0) is 37.0 Å². The van der Waals surface area contributed by atoms with E-state index in [1.165, 1.54) is 25.7 Å². The molecule has 3 aliphatic rings. The van der Waals surface area contributed by atoms with E-state index in [9.17, 15) is 14.7 Å². The molecule has 2 aliphatic heterocycles. The van der Waals surface area contributed by atoms with Gasteiger partial charge in [0.05, 0.1) is 5.92 Å². The first-order valence-corrected chi connectivity index (χ1v) is 8.27. The van der Waals surface area contributed by atoms with Crippen molar-refractivity contribution in [3.8, 4) is 0 Å². The molecule has 1 N–H and O–H groups in total. The van der Waals surface area contributed by atoms with Gasteiger partial charge in [-0.25, -0.2) is 4.79 Å². The monoisotopic (exact) mass is 294 g/mol. The van der Waals surface area contributed by atoms with Crippen LogP contribution < -0.4 is 0 Å². The van der Waals surface area contributed by atoms with E-state index in [1.54, 1.807) is 4.90 Å². The SMILES string of the molecule is CC1CN(C(=O)N2CCC3(CCCC3)CC2)CC1C(=O)O. The van der Waals surface area contributed by atoms with Crippen LogP contribution in [0.25, 0.3) is 0 Å². The first-order chi connectivity index (χ1) is 10.0. The molecule has 5 heteroatoms. The van der Waals surface area contributed by atoms with Gasteiger partial charge >= 0.3 is 12.0 Å². The zero-order chi connectivity index (χ0) is 15.0. The summed E-state index contributed by atoms with van der Waals surface area (Å²) in [5.41, 5.74) is 0.513. The highest BCUT2D eigenvalue weighted by molar-refractivity contribution is 5.77. The predicted octanol–water partition coefficient (Wildman–Crippen LogP) is 2.42. The number of hydrogen-bond donors (Lipinski definition) is 1. The Labute approximate surface area is 126 Å². The van der Waals surface area contributed by atoms with Crippen LogP contribution in [0.3, 0.4) is 0 Å². The van der Waals surface area contributed by atoms with Crippen LogP contribution in [0, 0.1) is 17.3 Å². The fourth-order valence-electron chi connectivity index (χ4n) is 4.44. The Morgan fingerprint density at radius 2 is 1.62 bits per heavy atom. The summed E-state index contributed by atoms with van der Waals surface area (Å²) in [7, 11) is 0. The van der Waals surface area contributed by atoms with Crippen LogP contribution in [0.4, 0.5) is 4.79 Å². The molecule has 0 bridgehead atoms. The second-order valence-corrected chi connectivity index (χ2v) is 7.30. The van der Waals surface area contributed by atoms with Crippen molar-refractivity contribution in [2.75, 3.05) is 26.2 Å². The van der Waals surface area contributed by atoms with Crippen LogP contribution in [0.1, 0.15) is 45.4 Å². The fourth-order valence-corrected chi connectivity index (χ4v) is 4.44. The topological polar surface area (TPSA) is 60.9 Å². The Hall–Kier alpha value is -1.26. The van der Waals surface area contributed by atoms with E-state index in [4.69, 9.17) is 0 Å². The first-order valence-electron chi connectivity index (χ1n) is 8.27. The van der Waals surface area contributed by atoms with Gasteiger partial charge in [-0.3, -0.25) is 4.79 Å². The minimum absolute atomic E-state index is 0.0532. The highest BCUT2D eigenvalue weighted by Crippen LogP contribution is 2.46. The highest BCUT2D eigenvalue weighted by atomic mass is 16.4. The molecule has 0 aromatic rings. The zero-order valence-electron chi connectivity index (χ0n) is 12.9. The van der Waals surface area contributed by atoms with E-state index in [0.29, 0.717) is 18.5 Å². The minimum atomic E-state index is -0.777. The molecule has 3 fully saturated rings. The van der Waals surface area contributed by atoms with Gasteiger partial charge in [0.15, 0.2) is 0 Å². The third kappa shape index (κ3) is 2.74. The summed E-state index contributed by atoms with van der Waals surface area (Å²) in [6.07, 6.45) is 7.61. The number of rotatable bonds is 1. The van der Waals surface area contributed by atoms with Gasteiger partial charge in [-0.2, -0.15) is 0 Å². The Balaban J connectivity index is 1.56. The number of urea groups is 1. The van der Waals surface area contributed by atoms with Crippen molar-refractivity contribution in [2.24, 2.45) is 17.3 Å². The predicted molar refractivity (Wildman–Crippen MR) is 79.0 cm³/mol. The van der Waals surface area contributed by atoms with E-state index >= 15 is 0 Å². The maximum atomic E-state index is 12.6. The van der Waals surface area contributed by atoms with Crippen molar-refractivity contribution in [1.82, 2.24) is 9.80 Å². The summed E-state index contributed by atoms with van der Waals surface area (Å²) >= 11 is 0. The molecule has 1 aliphatic carbocycles. The molecule has 2 heterocycles. The van der Waals surface area contributed by atoms with Crippen molar-refractivity contribution >= 4 is 12.0 Å². The van der Waals surface area contributed by atoms with Crippen LogP contribution in [-0.2, 0) is 4.79 Å². The van der Waals surface area contributed by atoms with E-state index in [1.807, 2.05) is 11.8 Å². The van der Waals surface area contributed by atoms with Crippen molar-refractivity contribution in [3.63, 3.8) is 0 Å². The van der Waals surface area contributed by atoms with Crippen LogP contribution >= 0.6 is 0 Å². The van der Waals surface area contributed by atoms with Crippen molar-refractivity contribution in [3.05, 3.63) is 0 Å². The van der Waals surface area contributed by atoms with Gasteiger partial charge in [0, 0.05) is 26.2 Å². The summed E-state index contributed by atoms with van der Waals surface area (Å²) in [5, 5.41) is 9.18. The summed E-state index contributed by atoms with van der Waals surface area (Å²) in [4.78, 5) is 27.4. The smallest absolute Gasteiger partial charge is 0.320 e. The lowest BCUT2D eigenvalue weighted by Gasteiger charge is -2.40. The zero-order valence-corrected chi connectivity index (χ0v) is 12.9. The Morgan fingerprint density at radius 1 is 1.00 bits per heavy atom. The summed E-state index contributed by atoms with van der Waals surface area (Å²) in [5.74, 6) is -1.13. The van der Waals surface area contributed by atoms with E-state index in [-0.39, 0.29) is 11.9 Å². The third-order valence-electron chi connectivity index (χ3n) is 5.96. The minimum Gasteiger partial charge on any atom is -0.481 e. The van der Waals surface area contributed by atoms with Crippen molar-refractivity contribution < 1.29 is 14.7 Å². The van der Waals surface area contributed by atoms with E-state index in [0.717, 1.165) is 25.9 Å². The molecular formula is C16H26N2O3. The largest absolute Gasteiger partial charge is 0.481 e. The molecule has 2 saturated heterocycles. The van der Waals surface area contributed by atoms with Crippen LogP contribution in [-0.4, -0.2) is 53.1 Å². The number of carboxylic acids is 1. The number of carboxylic acid groups (broad SMARTS) is 1. The number of amides is 2. The molecular weight excluding hydrogens is 268 g/mol. The number of carbonyl (C=O) groups excluding carboxylic acids is 1. The molecule has 2 unspecified atom stereocenters. The second kappa shape index (κ2) is 5.50. The average molecular weight is 294 g/mol. The molecule has 3 rings (SSSR count). The molecule has 1 spiro atoms. The molecule has 1 saturated carbocycles. The van der Waals surface area contributed by atoms with Crippen LogP contribution in [0.15, 0.2) is 0 Å². The number of likely N-dealkylation sites (tertiary alicyclic amines) is 2. The molecule has 0 aromatic carbocycles. The maximum absolute atomic E-state index is 12.6. The van der Waals surface area contributed by atoms with Gasteiger partial charge in [0.1, 0.15) is 0 Å². The number of carbonyl (C=O) groups is 2. The summed E-state index contributed by atoms with van der Waals surface area (Å²) in [6, 6.07) is 0.0541. The van der Waals surface area contributed by atoms with Gasteiger partial charge in [0.25, 0.3) is 0 Å².